The van der Waals surface area contributed by atoms with Crippen molar-refractivity contribution in [3.05, 3.63) is 77.1 Å². The molecule has 0 fully saturated rings. The topological polar surface area (TPSA) is 69.3 Å². The van der Waals surface area contributed by atoms with Gasteiger partial charge in [0, 0.05) is 24.3 Å². The lowest BCUT2D eigenvalue weighted by atomic mass is 9.89. The summed E-state index contributed by atoms with van der Waals surface area (Å²) < 4.78 is 0. The highest BCUT2D eigenvalue weighted by Gasteiger charge is 2.38. The van der Waals surface area contributed by atoms with Crippen LogP contribution in [0.2, 0.25) is 5.02 Å². The summed E-state index contributed by atoms with van der Waals surface area (Å²) in [6, 6.07) is 17.0. The predicted octanol–water partition coefficient (Wildman–Crippen LogP) is 4.60. The van der Waals surface area contributed by atoms with E-state index in [4.69, 9.17) is 11.6 Å². The Hall–Kier alpha value is -3.12. The number of hydrogen-bond donors (Lipinski definition) is 1. The van der Waals surface area contributed by atoms with Crippen LogP contribution < -0.4 is 9.80 Å². The van der Waals surface area contributed by atoms with E-state index in [0.29, 0.717) is 6.42 Å². The zero-order valence-corrected chi connectivity index (χ0v) is 16.9. The molecule has 0 saturated carbocycles. The number of anilines is 2. The number of aromatic nitrogens is 2. The van der Waals surface area contributed by atoms with E-state index in [1.165, 1.54) is 6.20 Å². The largest absolute Gasteiger partial charge is 0.305 e. The van der Waals surface area contributed by atoms with E-state index in [-0.39, 0.29) is 34.6 Å². The molecule has 0 saturated heterocycles. The van der Waals surface area contributed by atoms with E-state index in [0.717, 1.165) is 16.9 Å². The molecule has 148 valence electrons. The maximum atomic E-state index is 13.2. The zero-order chi connectivity index (χ0) is 20.5. The van der Waals surface area contributed by atoms with E-state index < -0.39 is 0 Å². The van der Waals surface area contributed by atoms with Crippen molar-refractivity contribution in [2.24, 2.45) is 0 Å². The lowest BCUT2D eigenvalue weighted by molar-refractivity contribution is -0.117. The summed E-state index contributed by atoms with van der Waals surface area (Å²) in [6.45, 7) is 3.55. The van der Waals surface area contributed by atoms with Crippen molar-refractivity contribution in [3.63, 3.8) is 0 Å². The van der Waals surface area contributed by atoms with Gasteiger partial charge in [0.15, 0.2) is 0 Å². The molecule has 2 heterocycles. The molecule has 1 N–H and O–H groups in total. The summed E-state index contributed by atoms with van der Waals surface area (Å²) >= 11 is 6.14. The Morgan fingerprint density at radius 2 is 1.83 bits per heavy atom. The molecule has 3 aromatic rings. The third kappa shape index (κ3) is 3.40. The first-order valence-electron chi connectivity index (χ1n) is 9.45. The van der Waals surface area contributed by atoms with Crippen LogP contribution in [0.4, 0.5) is 11.4 Å². The van der Waals surface area contributed by atoms with Crippen molar-refractivity contribution in [3.8, 4) is 0 Å². The highest BCUT2D eigenvalue weighted by atomic mass is 35.5. The van der Waals surface area contributed by atoms with Gasteiger partial charge in [-0.3, -0.25) is 14.7 Å². The van der Waals surface area contributed by atoms with Crippen molar-refractivity contribution in [1.29, 1.82) is 0 Å². The summed E-state index contributed by atoms with van der Waals surface area (Å²) in [7, 11) is 0. The van der Waals surface area contributed by atoms with Crippen molar-refractivity contribution in [2.45, 2.75) is 32.4 Å². The maximum absolute atomic E-state index is 13.2. The van der Waals surface area contributed by atoms with Crippen molar-refractivity contribution in [1.82, 2.24) is 10.2 Å². The van der Waals surface area contributed by atoms with Crippen molar-refractivity contribution < 1.29 is 9.59 Å². The van der Waals surface area contributed by atoms with Crippen molar-refractivity contribution >= 4 is 34.8 Å². The maximum Gasteiger partial charge on any atom is 0.278 e. The SMILES string of the molecule is CC(=O)N(c1ccccc1)[C@H]1C[C@@H](C)N(C(=O)c2[nH]ncc2Cl)c2ccccc21. The van der Waals surface area contributed by atoms with Crippen LogP contribution in [0.15, 0.2) is 60.8 Å². The lowest BCUT2D eigenvalue weighted by Crippen LogP contribution is -2.47. The second-order valence-electron chi connectivity index (χ2n) is 7.15. The quantitative estimate of drug-likeness (QED) is 0.688. The Kier molecular flexibility index (Phi) is 5.11. The summed E-state index contributed by atoms with van der Waals surface area (Å²) in [5.74, 6) is -0.278. The number of amides is 2. The average Bonchev–Trinajstić information content (AvgIpc) is 3.14. The van der Waals surface area contributed by atoms with Crippen molar-refractivity contribution in [2.75, 3.05) is 9.80 Å². The fraction of sp³-hybridized carbons (Fsp3) is 0.227. The number of rotatable bonds is 3. The number of carbonyl (C=O) groups is 2. The Bertz CT molecular complexity index is 1050. The van der Waals surface area contributed by atoms with Gasteiger partial charge >= 0.3 is 0 Å². The van der Waals surface area contributed by atoms with Gasteiger partial charge in [-0.05, 0) is 37.1 Å². The van der Waals surface area contributed by atoms with E-state index in [1.54, 1.807) is 16.7 Å². The van der Waals surface area contributed by atoms with Crippen LogP contribution in [0.5, 0.6) is 0 Å². The zero-order valence-electron chi connectivity index (χ0n) is 16.2. The monoisotopic (exact) mass is 408 g/mol. The smallest absolute Gasteiger partial charge is 0.278 e. The van der Waals surface area contributed by atoms with E-state index in [2.05, 4.69) is 10.2 Å². The molecule has 7 heteroatoms. The van der Waals surface area contributed by atoms with Crippen LogP contribution in [0.25, 0.3) is 0 Å². The van der Waals surface area contributed by atoms with Crippen LogP contribution in [-0.2, 0) is 4.79 Å². The number of aromatic amines is 1. The molecule has 0 spiro atoms. The van der Waals surface area contributed by atoms with E-state index in [9.17, 15) is 9.59 Å². The fourth-order valence-corrected chi connectivity index (χ4v) is 4.22. The van der Waals surface area contributed by atoms with Crippen LogP contribution in [0.1, 0.15) is 42.4 Å². The molecule has 0 unspecified atom stereocenters. The first kappa shape index (κ1) is 19.2. The number of fused-ring (bicyclic) bond motifs is 1. The van der Waals surface area contributed by atoms with E-state index >= 15 is 0 Å². The number of carbonyl (C=O) groups excluding carboxylic acids is 2. The van der Waals surface area contributed by atoms with Gasteiger partial charge in [-0.15, -0.1) is 0 Å². The second-order valence-corrected chi connectivity index (χ2v) is 7.56. The van der Waals surface area contributed by atoms with Gasteiger partial charge < -0.3 is 9.80 Å². The highest BCUT2D eigenvalue weighted by Crippen LogP contribution is 2.42. The van der Waals surface area contributed by atoms with Gasteiger partial charge in [-0.2, -0.15) is 5.10 Å². The number of benzene rings is 2. The van der Waals surface area contributed by atoms with E-state index in [1.807, 2.05) is 61.5 Å². The minimum absolute atomic E-state index is 0.0420. The third-order valence-corrected chi connectivity index (χ3v) is 5.56. The molecule has 2 aromatic carbocycles. The number of hydrogen-bond acceptors (Lipinski definition) is 3. The Labute approximate surface area is 174 Å². The van der Waals surface area contributed by atoms with Crippen LogP contribution >= 0.6 is 11.6 Å². The number of nitrogens with zero attached hydrogens (tertiary/aromatic N) is 3. The van der Waals surface area contributed by atoms with Gasteiger partial charge in [0.1, 0.15) is 5.69 Å². The molecule has 0 radical (unpaired) electrons. The summed E-state index contributed by atoms with van der Waals surface area (Å²) in [5.41, 5.74) is 2.80. The Morgan fingerprint density at radius 1 is 1.14 bits per heavy atom. The molecule has 2 atom stereocenters. The fourth-order valence-electron chi connectivity index (χ4n) is 4.05. The minimum Gasteiger partial charge on any atom is -0.305 e. The van der Waals surface area contributed by atoms with Gasteiger partial charge in [0.05, 0.1) is 17.3 Å². The van der Waals surface area contributed by atoms with Gasteiger partial charge in [-0.1, -0.05) is 48.0 Å². The average molecular weight is 409 g/mol. The predicted molar refractivity (Wildman–Crippen MR) is 113 cm³/mol. The number of H-pyrrole nitrogens is 1. The number of halogens is 1. The molecule has 1 aliphatic heterocycles. The van der Waals surface area contributed by atoms with Gasteiger partial charge in [0.2, 0.25) is 5.91 Å². The first-order chi connectivity index (χ1) is 14.0. The summed E-state index contributed by atoms with van der Waals surface area (Å²) in [6.07, 6.45) is 2.02. The summed E-state index contributed by atoms with van der Waals surface area (Å²) in [4.78, 5) is 29.4. The molecule has 2 amide bonds. The Morgan fingerprint density at radius 3 is 2.48 bits per heavy atom. The second kappa shape index (κ2) is 7.72. The first-order valence-corrected chi connectivity index (χ1v) is 9.83. The third-order valence-electron chi connectivity index (χ3n) is 5.27. The molecule has 0 bridgehead atoms. The van der Waals surface area contributed by atoms with Gasteiger partial charge in [-0.25, -0.2) is 0 Å². The molecular formula is C22H21ClN4O2. The minimum atomic E-state index is -0.236. The molecule has 4 rings (SSSR count). The standard InChI is InChI=1S/C22H21ClN4O2/c1-14-12-20(27(15(2)28)16-8-4-3-5-9-16)17-10-6-7-11-19(17)26(14)22(29)21-18(23)13-24-25-21/h3-11,13-14,20H,12H2,1-2H3,(H,24,25)/t14-,20+/m1/s1. The van der Waals surface area contributed by atoms with Crippen LogP contribution in [-0.4, -0.2) is 28.1 Å². The normalized spacial score (nSPS) is 18.2. The molecule has 1 aromatic heterocycles. The highest BCUT2D eigenvalue weighted by molar-refractivity contribution is 6.34. The lowest BCUT2D eigenvalue weighted by Gasteiger charge is -2.43. The summed E-state index contributed by atoms with van der Waals surface area (Å²) in [5, 5.41) is 6.85. The molecule has 1 aliphatic rings. The molecule has 29 heavy (non-hydrogen) atoms. The Balaban J connectivity index is 1.80. The molecule has 6 nitrogen and oxygen atoms in total. The molecule has 0 aliphatic carbocycles. The number of nitrogens with one attached hydrogen (secondary N) is 1. The molecular weight excluding hydrogens is 388 g/mol. The van der Waals surface area contributed by atoms with Crippen LogP contribution in [0, 0.1) is 0 Å². The van der Waals surface area contributed by atoms with Crippen LogP contribution in [0.3, 0.4) is 0 Å². The number of para-hydroxylation sites is 2. The van der Waals surface area contributed by atoms with Gasteiger partial charge in [0.25, 0.3) is 5.91 Å².